The van der Waals surface area contributed by atoms with Gasteiger partial charge in [-0.3, -0.25) is 13.9 Å². The van der Waals surface area contributed by atoms with E-state index in [0.29, 0.717) is 50.4 Å². The number of carbonyl (C=O) groups is 2. The van der Waals surface area contributed by atoms with Gasteiger partial charge in [0.15, 0.2) is 0 Å². The molecular formula is C32H42N4O6S. The molecule has 3 aromatic rings. The summed E-state index contributed by atoms with van der Waals surface area (Å²) in [6.07, 6.45) is 4.28. The van der Waals surface area contributed by atoms with E-state index < -0.39 is 22.2 Å². The molecule has 0 aliphatic carbocycles. The molecule has 0 bridgehead atoms. The van der Waals surface area contributed by atoms with Gasteiger partial charge in [-0.15, -0.1) is 0 Å². The minimum atomic E-state index is -3.60. The summed E-state index contributed by atoms with van der Waals surface area (Å²) >= 11 is 0. The Kier molecular flexibility index (Phi) is 9.73. The van der Waals surface area contributed by atoms with Gasteiger partial charge in [-0.1, -0.05) is 37.3 Å². The predicted molar refractivity (Wildman–Crippen MR) is 167 cm³/mol. The van der Waals surface area contributed by atoms with Gasteiger partial charge in [0.05, 0.1) is 23.0 Å². The topological polar surface area (TPSA) is 119 Å². The third kappa shape index (κ3) is 6.89. The van der Waals surface area contributed by atoms with Gasteiger partial charge in [0, 0.05) is 55.5 Å². The maximum Gasteiger partial charge on any atom is 0.293 e. The zero-order valence-corrected chi connectivity index (χ0v) is 25.9. The first-order valence-electron chi connectivity index (χ1n) is 15.1. The largest absolute Gasteiger partial charge is 0.461 e. The van der Waals surface area contributed by atoms with Crippen LogP contribution in [-0.2, 0) is 43.7 Å². The van der Waals surface area contributed by atoms with Gasteiger partial charge in [0.2, 0.25) is 10.0 Å². The van der Waals surface area contributed by atoms with E-state index in [0.717, 1.165) is 41.3 Å². The first kappa shape index (κ1) is 31.0. The third-order valence-corrected chi connectivity index (χ3v) is 10.3. The molecule has 0 spiro atoms. The number of anilines is 1. The lowest BCUT2D eigenvalue weighted by atomic mass is 9.99. The van der Waals surface area contributed by atoms with Crippen molar-refractivity contribution in [2.24, 2.45) is 0 Å². The fraction of sp³-hybridized carbons (Fsp3) is 0.500. The Bertz CT molecular complexity index is 1530. The van der Waals surface area contributed by atoms with E-state index in [1.165, 1.54) is 4.31 Å². The molecule has 1 amide bonds. The standard InChI is InChI=1S/C32H42N4O6S/c1-4-24-20-35-12-15-43(39,40)36(22(2)3)29-18-25(17-27(24)31(29)35)32(38)34-28(16-23-8-6-5-7-9-23)30(42-21-37)19-33-26-10-13-41-14-11-26/h5-9,17-18,20-22,26,28,30,33H,4,10-16,19H2,1-3H3,(H,34,38)/t28-,30+/m0/s1. The Morgan fingerprint density at radius 3 is 2.58 bits per heavy atom. The third-order valence-electron chi connectivity index (χ3n) is 8.40. The molecule has 5 rings (SSSR count). The lowest BCUT2D eigenvalue weighted by molar-refractivity contribution is -0.134. The van der Waals surface area contributed by atoms with Crippen LogP contribution in [-0.4, -0.2) is 75.1 Å². The van der Waals surface area contributed by atoms with Crippen LogP contribution in [0.2, 0.25) is 0 Å². The SMILES string of the molecule is CCc1cn2c3c(cc(C(=O)N[C@@H](Cc4ccccc4)[C@@H](CNC4CCOCC4)OC=O)cc13)N(C(C)C)S(=O)(=O)CC2. The molecule has 43 heavy (non-hydrogen) atoms. The van der Waals surface area contributed by atoms with E-state index in [1.807, 2.05) is 61.0 Å². The van der Waals surface area contributed by atoms with Crippen LogP contribution in [0.5, 0.6) is 0 Å². The van der Waals surface area contributed by atoms with E-state index in [9.17, 15) is 18.0 Å². The van der Waals surface area contributed by atoms with Gasteiger partial charge in [-0.25, -0.2) is 8.42 Å². The molecule has 2 aliphatic heterocycles. The highest BCUT2D eigenvalue weighted by Gasteiger charge is 2.33. The van der Waals surface area contributed by atoms with Crippen LogP contribution in [0.3, 0.4) is 0 Å². The Hall–Kier alpha value is -3.41. The molecule has 3 heterocycles. The summed E-state index contributed by atoms with van der Waals surface area (Å²) in [4.78, 5) is 25.7. The summed E-state index contributed by atoms with van der Waals surface area (Å²) < 4.78 is 41.3. The molecule has 2 N–H and O–H groups in total. The second-order valence-electron chi connectivity index (χ2n) is 11.6. The number of aromatic nitrogens is 1. The normalized spacial score (nSPS) is 18.3. The molecule has 2 atom stereocenters. The van der Waals surface area contributed by atoms with Crippen molar-refractivity contribution in [3.63, 3.8) is 0 Å². The van der Waals surface area contributed by atoms with Crippen LogP contribution >= 0.6 is 0 Å². The van der Waals surface area contributed by atoms with Gasteiger partial charge in [0.25, 0.3) is 12.4 Å². The Balaban J connectivity index is 1.51. The molecule has 1 fully saturated rings. The van der Waals surface area contributed by atoms with Crippen LogP contribution in [0, 0.1) is 0 Å². The number of carbonyl (C=O) groups excluding carboxylic acids is 2. The number of hydrogen-bond acceptors (Lipinski definition) is 7. The zero-order chi connectivity index (χ0) is 30.6. The average Bonchev–Trinajstić information content (AvgIpc) is 3.31. The lowest BCUT2D eigenvalue weighted by Crippen LogP contribution is -2.51. The van der Waals surface area contributed by atoms with Gasteiger partial charge in [0.1, 0.15) is 6.10 Å². The summed E-state index contributed by atoms with van der Waals surface area (Å²) in [6, 6.07) is 12.7. The van der Waals surface area contributed by atoms with Crippen molar-refractivity contribution >= 4 is 39.0 Å². The van der Waals surface area contributed by atoms with Gasteiger partial charge >= 0.3 is 0 Å². The average molecular weight is 611 g/mol. The highest BCUT2D eigenvalue weighted by molar-refractivity contribution is 7.92. The van der Waals surface area contributed by atoms with Crippen molar-refractivity contribution in [3.8, 4) is 0 Å². The number of benzene rings is 2. The molecule has 0 radical (unpaired) electrons. The Morgan fingerprint density at radius 1 is 1.16 bits per heavy atom. The number of nitrogens with zero attached hydrogens (tertiary/aromatic N) is 2. The fourth-order valence-electron chi connectivity index (χ4n) is 6.24. The van der Waals surface area contributed by atoms with Crippen LogP contribution in [0.25, 0.3) is 10.9 Å². The van der Waals surface area contributed by atoms with E-state index >= 15 is 0 Å². The highest BCUT2D eigenvalue weighted by atomic mass is 32.2. The number of nitrogens with one attached hydrogen (secondary N) is 2. The molecule has 0 saturated carbocycles. The number of rotatable bonds is 12. The van der Waals surface area contributed by atoms with Crippen LogP contribution in [0.4, 0.5) is 5.69 Å². The summed E-state index contributed by atoms with van der Waals surface area (Å²) in [7, 11) is -3.60. The molecule has 0 unspecified atom stereocenters. The fourth-order valence-corrected chi connectivity index (χ4v) is 7.95. The number of sulfonamides is 1. The van der Waals surface area contributed by atoms with Crippen molar-refractivity contribution in [2.75, 3.05) is 29.8 Å². The summed E-state index contributed by atoms with van der Waals surface area (Å²) in [5.74, 6) is -0.372. The van der Waals surface area contributed by atoms with Crippen molar-refractivity contribution in [1.82, 2.24) is 15.2 Å². The predicted octanol–water partition coefficient (Wildman–Crippen LogP) is 3.41. The van der Waals surface area contributed by atoms with Crippen molar-refractivity contribution in [2.45, 2.75) is 77.2 Å². The maximum atomic E-state index is 14.1. The first-order valence-corrected chi connectivity index (χ1v) is 16.8. The quantitative estimate of drug-likeness (QED) is 0.302. The van der Waals surface area contributed by atoms with Crippen molar-refractivity contribution in [1.29, 1.82) is 0 Å². The molecular weight excluding hydrogens is 568 g/mol. The summed E-state index contributed by atoms with van der Waals surface area (Å²) in [6.45, 7) is 8.25. The van der Waals surface area contributed by atoms with Crippen molar-refractivity contribution < 1.29 is 27.5 Å². The van der Waals surface area contributed by atoms with E-state index in [4.69, 9.17) is 9.47 Å². The number of ether oxygens (including phenoxy) is 2. The maximum absolute atomic E-state index is 14.1. The molecule has 11 heteroatoms. The van der Waals surface area contributed by atoms with Gasteiger partial charge < -0.3 is 24.7 Å². The minimum Gasteiger partial charge on any atom is -0.461 e. The number of amides is 1. The molecule has 10 nitrogen and oxygen atoms in total. The minimum absolute atomic E-state index is 0.0156. The highest BCUT2D eigenvalue weighted by Crippen LogP contribution is 2.37. The van der Waals surface area contributed by atoms with E-state index in [1.54, 1.807) is 6.07 Å². The molecule has 2 aliphatic rings. The van der Waals surface area contributed by atoms with E-state index in [-0.39, 0.29) is 23.7 Å². The van der Waals surface area contributed by atoms with Crippen LogP contribution < -0.4 is 14.9 Å². The lowest BCUT2D eigenvalue weighted by Gasteiger charge is -2.30. The van der Waals surface area contributed by atoms with Crippen molar-refractivity contribution in [3.05, 3.63) is 65.4 Å². The second-order valence-corrected chi connectivity index (χ2v) is 13.6. The molecule has 232 valence electrons. The Morgan fingerprint density at radius 2 is 1.91 bits per heavy atom. The zero-order valence-electron chi connectivity index (χ0n) is 25.1. The van der Waals surface area contributed by atoms with Crippen LogP contribution in [0.1, 0.15) is 55.1 Å². The van der Waals surface area contributed by atoms with Gasteiger partial charge in [-0.2, -0.15) is 0 Å². The summed E-state index contributed by atoms with van der Waals surface area (Å²) in [5.41, 5.74) is 3.74. The molecule has 1 aromatic heterocycles. The smallest absolute Gasteiger partial charge is 0.293 e. The number of hydrogen-bond donors (Lipinski definition) is 2. The van der Waals surface area contributed by atoms with Crippen LogP contribution in [0.15, 0.2) is 48.7 Å². The monoisotopic (exact) mass is 610 g/mol. The Labute approximate surface area is 253 Å². The second kappa shape index (κ2) is 13.5. The van der Waals surface area contributed by atoms with Gasteiger partial charge in [-0.05, 0) is 62.8 Å². The molecule has 2 aromatic carbocycles. The summed E-state index contributed by atoms with van der Waals surface area (Å²) in [5, 5.41) is 7.52. The number of aryl methyl sites for hydroxylation is 2. The molecule has 1 saturated heterocycles. The first-order chi connectivity index (χ1) is 20.7. The van der Waals surface area contributed by atoms with E-state index in [2.05, 4.69) is 17.6 Å².